The third-order valence-corrected chi connectivity index (χ3v) is 4.48. The van der Waals surface area contributed by atoms with Crippen molar-refractivity contribution >= 4 is 29.2 Å². The van der Waals surface area contributed by atoms with Gasteiger partial charge in [0.15, 0.2) is 0 Å². The highest BCUT2D eigenvalue weighted by atomic mass is 35.5. The summed E-state index contributed by atoms with van der Waals surface area (Å²) < 4.78 is 10.7. The van der Waals surface area contributed by atoms with Crippen molar-refractivity contribution < 1.29 is 19.1 Å². The maximum Gasteiger partial charge on any atom is 0.340 e. The first-order chi connectivity index (χ1) is 14.1. The number of ether oxygens (including phenoxy) is 2. The number of hydrogen-bond donors (Lipinski definition) is 1. The maximum absolute atomic E-state index is 12.5. The molecule has 0 heterocycles. The molecule has 0 aromatic heterocycles. The number of esters is 1. The second-order valence-corrected chi connectivity index (χ2v) is 6.68. The number of rotatable bonds is 7. The van der Waals surface area contributed by atoms with E-state index < -0.39 is 18.0 Å². The van der Waals surface area contributed by atoms with Crippen molar-refractivity contribution in [2.75, 3.05) is 19.0 Å². The topological polar surface area (TPSA) is 64.6 Å². The van der Waals surface area contributed by atoms with Crippen LogP contribution in [0.1, 0.15) is 27.6 Å². The maximum atomic E-state index is 12.5. The Balaban J connectivity index is 1.74. The standard InChI is InChI=1S/C23H20ClNO4/c1-28-23(27)19-14-18(24)12-13-20(19)25-21(26)15-29-22(16-8-4-2-5-9-16)17-10-6-3-7-11-17/h2-14,22H,15H2,1H3,(H,25,26). The first kappa shape index (κ1) is 20.6. The van der Waals surface area contributed by atoms with Crippen molar-refractivity contribution in [3.63, 3.8) is 0 Å². The Kier molecular flexibility index (Phi) is 7.00. The molecule has 0 radical (unpaired) electrons. The van der Waals surface area contributed by atoms with Gasteiger partial charge in [-0.05, 0) is 29.3 Å². The van der Waals surface area contributed by atoms with Gasteiger partial charge in [-0.1, -0.05) is 72.3 Å². The van der Waals surface area contributed by atoms with Gasteiger partial charge in [0.25, 0.3) is 0 Å². The lowest BCUT2D eigenvalue weighted by Crippen LogP contribution is -2.22. The molecule has 0 aliphatic heterocycles. The van der Waals surface area contributed by atoms with Crippen LogP contribution >= 0.6 is 11.6 Å². The molecule has 5 nitrogen and oxygen atoms in total. The van der Waals surface area contributed by atoms with Crippen molar-refractivity contribution in [2.24, 2.45) is 0 Å². The summed E-state index contributed by atoms with van der Waals surface area (Å²) in [5.41, 5.74) is 2.36. The zero-order valence-electron chi connectivity index (χ0n) is 15.8. The number of halogens is 1. The molecule has 3 aromatic rings. The zero-order chi connectivity index (χ0) is 20.6. The van der Waals surface area contributed by atoms with Crippen LogP contribution in [0.3, 0.4) is 0 Å². The highest BCUT2D eigenvalue weighted by Crippen LogP contribution is 2.26. The van der Waals surface area contributed by atoms with Gasteiger partial charge in [-0.25, -0.2) is 4.79 Å². The van der Waals surface area contributed by atoms with Crippen molar-refractivity contribution in [3.05, 3.63) is 101 Å². The van der Waals surface area contributed by atoms with Crippen LogP contribution in [0.4, 0.5) is 5.69 Å². The summed E-state index contributed by atoms with van der Waals surface area (Å²) in [5.74, 6) is -0.982. The van der Waals surface area contributed by atoms with Gasteiger partial charge in [-0.2, -0.15) is 0 Å². The third-order valence-electron chi connectivity index (χ3n) is 4.25. The van der Waals surface area contributed by atoms with Crippen LogP contribution in [0.25, 0.3) is 0 Å². The van der Waals surface area contributed by atoms with Gasteiger partial charge in [-0.15, -0.1) is 0 Å². The summed E-state index contributed by atoms with van der Waals surface area (Å²) in [5, 5.41) is 3.06. The number of methoxy groups -OCH3 is 1. The average Bonchev–Trinajstić information content (AvgIpc) is 2.76. The highest BCUT2D eigenvalue weighted by Gasteiger charge is 2.18. The van der Waals surface area contributed by atoms with Gasteiger partial charge >= 0.3 is 5.97 Å². The molecule has 1 N–H and O–H groups in total. The predicted molar refractivity (Wildman–Crippen MR) is 112 cm³/mol. The molecule has 29 heavy (non-hydrogen) atoms. The quantitative estimate of drug-likeness (QED) is 0.565. The molecule has 3 aromatic carbocycles. The molecule has 0 saturated heterocycles. The number of hydrogen-bond acceptors (Lipinski definition) is 4. The number of carbonyl (C=O) groups excluding carboxylic acids is 2. The Morgan fingerprint density at radius 1 is 0.931 bits per heavy atom. The summed E-state index contributed by atoms with van der Waals surface area (Å²) in [6, 6.07) is 23.9. The van der Waals surface area contributed by atoms with Gasteiger partial charge in [0.1, 0.15) is 12.7 Å². The largest absolute Gasteiger partial charge is 0.465 e. The molecule has 1 amide bonds. The van der Waals surface area contributed by atoms with Crippen molar-refractivity contribution in [1.29, 1.82) is 0 Å². The third kappa shape index (κ3) is 5.44. The van der Waals surface area contributed by atoms with E-state index in [0.717, 1.165) is 11.1 Å². The van der Waals surface area contributed by atoms with Crippen LogP contribution in [-0.2, 0) is 14.3 Å². The molecule has 0 aliphatic carbocycles. The lowest BCUT2D eigenvalue weighted by atomic mass is 10.0. The Labute approximate surface area is 174 Å². The van der Waals surface area contributed by atoms with E-state index in [1.807, 2.05) is 60.7 Å². The van der Waals surface area contributed by atoms with Crippen LogP contribution in [0.5, 0.6) is 0 Å². The Morgan fingerprint density at radius 2 is 1.52 bits per heavy atom. The Hall–Kier alpha value is -3.15. The van der Waals surface area contributed by atoms with Gasteiger partial charge < -0.3 is 14.8 Å². The van der Waals surface area contributed by atoms with Gasteiger partial charge in [0, 0.05) is 5.02 Å². The zero-order valence-corrected chi connectivity index (χ0v) is 16.6. The molecule has 6 heteroatoms. The summed E-state index contributed by atoms with van der Waals surface area (Å²) >= 11 is 5.95. The van der Waals surface area contributed by atoms with Gasteiger partial charge in [0.2, 0.25) is 5.91 Å². The predicted octanol–water partition coefficient (Wildman–Crippen LogP) is 4.87. The minimum atomic E-state index is -0.588. The second-order valence-electron chi connectivity index (χ2n) is 6.24. The normalized spacial score (nSPS) is 10.6. The number of amides is 1. The van der Waals surface area contributed by atoms with Crippen molar-refractivity contribution in [2.45, 2.75) is 6.10 Å². The molecule has 0 atom stereocenters. The molecule has 0 spiro atoms. The van der Waals surface area contributed by atoms with Crippen molar-refractivity contribution in [3.8, 4) is 0 Å². The number of carbonyl (C=O) groups is 2. The van der Waals surface area contributed by atoms with E-state index in [1.165, 1.54) is 13.2 Å². The molecular weight excluding hydrogens is 390 g/mol. The molecule has 0 unspecified atom stereocenters. The molecule has 0 aliphatic rings. The van der Waals surface area contributed by atoms with Gasteiger partial charge in [-0.3, -0.25) is 4.79 Å². The summed E-state index contributed by atoms with van der Waals surface area (Å²) in [7, 11) is 1.27. The van der Waals surface area contributed by atoms with Crippen LogP contribution < -0.4 is 5.32 Å². The summed E-state index contributed by atoms with van der Waals surface area (Å²) in [4.78, 5) is 24.4. The van der Waals surface area contributed by atoms with Crippen LogP contribution in [-0.4, -0.2) is 25.6 Å². The number of nitrogens with one attached hydrogen (secondary N) is 1. The SMILES string of the molecule is COC(=O)c1cc(Cl)ccc1NC(=O)COC(c1ccccc1)c1ccccc1. The fourth-order valence-electron chi connectivity index (χ4n) is 2.89. The van der Waals surface area contributed by atoms with E-state index in [2.05, 4.69) is 5.32 Å². The van der Waals surface area contributed by atoms with Gasteiger partial charge in [0.05, 0.1) is 18.4 Å². The Bertz CT molecular complexity index is 937. The number of benzene rings is 3. The number of anilines is 1. The van der Waals surface area contributed by atoms with E-state index in [4.69, 9.17) is 21.1 Å². The first-order valence-corrected chi connectivity index (χ1v) is 9.35. The van der Waals surface area contributed by atoms with Crippen LogP contribution in [0.15, 0.2) is 78.9 Å². The lowest BCUT2D eigenvalue weighted by Gasteiger charge is -2.19. The molecule has 0 bridgehead atoms. The first-order valence-electron chi connectivity index (χ1n) is 8.97. The average molecular weight is 410 g/mol. The molecule has 0 fully saturated rings. The smallest absolute Gasteiger partial charge is 0.340 e. The van der Waals surface area contributed by atoms with Crippen LogP contribution in [0, 0.1) is 0 Å². The monoisotopic (exact) mass is 409 g/mol. The molecular formula is C23H20ClNO4. The summed E-state index contributed by atoms with van der Waals surface area (Å²) in [6.45, 7) is -0.197. The van der Waals surface area contributed by atoms with E-state index >= 15 is 0 Å². The summed E-state index contributed by atoms with van der Waals surface area (Å²) in [6.07, 6.45) is -0.395. The minimum Gasteiger partial charge on any atom is -0.465 e. The second kappa shape index (κ2) is 9.87. The lowest BCUT2D eigenvalue weighted by molar-refractivity contribution is -0.121. The molecule has 3 rings (SSSR count). The van der Waals surface area contributed by atoms with E-state index in [9.17, 15) is 9.59 Å². The fraction of sp³-hybridized carbons (Fsp3) is 0.130. The molecule has 148 valence electrons. The fourth-order valence-corrected chi connectivity index (χ4v) is 3.06. The Morgan fingerprint density at radius 3 is 2.07 bits per heavy atom. The highest BCUT2D eigenvalue weighted by molar-refractivity contribution is 6.31. The van der Waals surface area contributed by atoms with E-state index in [0.29, 0.717) is 10.7 Å². The molecule has 0 saturated carbocycles. The van der Waals surface area contributed by atoms with E-state index in [1.54, 1.807) is 12.1 Å². The minimum absolute atomic E-state index is 0.177. The van der Waals surface area contributed by atoms with E-state index in [-0.39, 0.29) is 12.2 Å². The van der Waals surface area contributed by atoms with Crippen molar-refractivity contribution in [1.82, 2.24) is 0 Å². The van der Waals surface area contributed by atoms with Crippen LogP contribution in [0.2, 0.25) is 5.02 Å².